The van der Waals surface area contributed by atoms with E-state index >= 15 is 0 Å². The highest BCUT2D eigenvalue weighted by Crippen LogP contribution is 2.53. The Morgan fingerprint density at radius 2 is 1.91 bits per heavy atom. The first-order valence-electron chi connectivity index (χ1n) is 10.4. The summed E-state index contributed by atoms with van der Waals surface area (Å²) in [6.07, 6.45) is 1.08. The number of Topliss-reactive ketones (excluding diaryl/α,β-unsaturated/α-hetero) is 1. The van der Waals surface area contributed by atoms with Gasteiger partial charge >= 0.3 is 5.69 Å². The van der Waals surface area contributed by atoms with E-state index in [2.05, 4.69) is 19.2 Å². The molecule has 2 aliphatic rings. The minimum Gasteiger partial charge on any atom is -0.502 e. The molecule has 5 rings (SSSR count). The largest absolute Gasteiger partial charge is 0.502 e. The number of phenols is 1. The number of carbonyl (C=O) groups excluding carboxylic acids is 1. The van der Waals surface area contributed by atoms with Crippen molar-refractivity contribution >= 4 is 45.1 Å². The lowest BCUT2D eigenvalue weighted by molar-refractivity contribution is -0.385. The number of hydrogen-bond donors (Lipinski definition) is 2. The molecule has 1 heterocycles. The van der Waals surface area contributed by atoms with Gasteiger partial charge in [0.05, 0.1) is 16.0 Å². The first kappa shape index (κ1) is 20.5. The van der Waals surface area contributed by atoms with E-state index in [0.717, 1.165) is 27.6 Å². The van der Waals surface area contributed by atoms with Crippen LogP contribution in [-0.2, 0) is 4.79 Å². The number of nitro benzene ring substituents is 1. The summed E-state index contributed by atoms with van der Waals surface area (Å²) in [4.78, 5) is 24.2. The van der Waals surface area contributed by atoms with Crippen LogP contribution in [0.15, 0.2) is 54.1 Å². The molecule has 0 fully saturated rings. The number of nitro groups is 1. The predicted molar refractivity (Wildman–Crippen MR) is 125 cm³/mol. The van der Waals surface area contributed by atoms with E-state index in [0.29, 0.717) is 24.0 Å². The summed E-state index contributed by atoms with van der Waals surface area (Å²) >= 11 is 6.44. The Bertz CT molecular complexity index is 1360. The molecule has 32 heavy (non-hydrogen) atoms. The van der Waals surface area contributed by atoms with E-state index in [1.807, 2.05) is 36.4 Å². The van der Waals surface area contributed by atoms with Gasteiger partial charge in [0.1, 0.15) is 0 Å². The number of anilines is 1. The Morgan fingerprint density at radius 3 is 2.66 bits per heavy atom. The van der Waals surface area contributed by atoms with E-state index < -0.39 is 22.4 Å². The van der Waals surface area contributed by atoms with Crippen LogP contribution in [0.25, 0.3) is 16.3 Å². The van der Waals surface area contributed by atoms with Crippen LogP contribution in [-0.4, -0.2) is 15.8 Å². The predicted octanol–water partition coefficient (Wildman–Crippen LogP) is 6.42. The van der Waals surface area contributed by atoms with Gasteiger partial charge in [0.15, 0.2) is 11.5 Å². The van der Waals surface area contributed by atoms with Gasteiger partial charge in [-0.05, 0) is 34.2 Å². The number of carbonyl (C=O) groups is 1. The van der Waals surface area contributed by atoms with Crippen molar-refractivity contribution < 1.29 is 14.8 Å². The Balaban J connectivity index is 1.81. The third-order valence-electron chi connectivity index (χ3n) is 6.34. The van der Waals surface area contributed by atoms with Gasteiger partial charge in [-0.25, -0.2) is 0 Å². The van der Waals surface area contributed by atoms with Crippen LogP contribution in [0.3, 0.4) is 0 Å². The number of allylic oxidation sites excluding steroid dienone is 1. The fourth-order valence-electron chi connectivity index (χ4n) is 5.01. The Labute approximate surface area is 189 Å². The van der Waals surface area contributed by atoms with Gasteiger partial charge < -0.3 is 10.4 Å². The maximum atomic E-state index is 13.4. The molecular weight excluding hydrogens is 428 g/mol. The number of halogens is 1. The zero-order valence-electron chi connectivity index (χ0n) is 17.6. The van der Waals surface area contributed by atoms with Crippen molar-refractivity contribution in [1.29, 1.82) is 0 Å². The van der Waals surface area contributed by atoms with Crippen molar-refractivity contribution in [3.05, 3.63) is 80.4 Å². The van der Waals surface area contributed by atoms with Gasteiger partial charge in [0, 0.05) is 40.9 Å². The highest BCUT2D eigenvalue weighted by atomic mass is 35.5. The molecule has 0 saturated heterocycles. The first-order chi connectivity index (χ1) is 15.2. The van der Waals surface area contributed by atoms with Crippen LogP contribution in [0.5, 0.6) is 5.75 Å². The standard InChI is InChI=1S/C25H21ClN2O4/c1-25(2)11-16-22-14-6-4-3-5-13(14)7-8-18(22)27-24(23(16)21(30)12-25)15-9-19(28(31)32)20(29)10-17(15)26/h3-10,24,27,29H,11-12H2,1-2H3/t24-/m0/s1. The van der Waals surface area contributed by atoms with E-state index in [4.69, 9.17) is 11.6 Å². The van der Waals surface area contributed by atoms with Gasteiger partial charge in [0.25, 0.3) is 0 Å². The quantitative estimate of drug-likeness (QED) is 0.348. The fraction of sp³-hybridized carbons (Fsp3) is 0.240. The topological polar surface area (TPSA) is 92.5 Å². The lowest BCUT2D eigenvalue weighted by Crippen LogP contribution is -2.33. The maximum absolute atomic E-state index is 13.4. The molecule has 1 aliphatic heterocycles. The number of benzene rings is 3. The van der Waals surface area contributed by atoms with Crippen LogP contribution < -0.4 is 5.32 Å². The van der Waals surface area contributed by atoms with E-state index in [1.165, 1.54) is 12.1 Å². The van der Waals surface area contributed by atoms with Gasteiger partial charge in [-0.1, -0.05) is 55.8 Å². The molecule has 7 heteroatoms. The summed E-state index contributed by atoms with van der Waals surface area (Å²) in [7, 11) is 0. The second-order valence-corrected chi connectivity index (χ2v) is 9.65. The number of phenolic OH excluding ortho intramolecular Hbond substituents is 1. The molecule has 162 valence electrons. The lowest BCUT2D eigenvalue weighted by atomic mass is 9.68. The third-order valence-corrected chi connectivity index (χ3v) is 6.67. The number of fused-ring (bicyclic) bond motifs is 4. The molecule has 0 bridgehead atoms. The van der Waals surface area contributed by atoms with Crippen molar-refractivity contribution in [3.63, 3.8) is 0 Å². The zero-order chi connectivity index (χ0) is 22.8. The Hall–Kier alpha value is -3.38. The molecule has 0 aromatic heterocycles. The number of hydrogen-bond acceptors (Lipinski definition) is 5. The van der Waals surface area contributed by atoms with E-state index in [9.17, 15) is 20.0 Å². The van der Waals surface area contributed by atoms with Crippen LogP contribution in [0.1, 0.15) is 43.9 Å². The average Bonchev–Trinajstić information content (AvgIpc) is 2.71. The second-order valence-electron chi connectivity index (χ2n) is 9.24. The van der Waals surface area contributed by atoms with Gasteiger partial charge in [0.2, 0.25) is 0 Å². The van der Waals surface area contributed by atoms with Crippen molar-refractivity contribution in [2.75, 3.05) is 5.32 Å². The van der Waals surface area contributed by atoms with Crippen LogP contribution in [0.4, 0.5) is 11.4 Å². The van der Waals surface area contributed by atoms with E-state index in [1.54, 1.807) is 0 Å². The maximum Gasteiger partial charge on any atom is 0.311 e. The monoisotopic (exact) mass is 448 g/mol. The van der Waals surface area contributed by atoms with Gasteiger partial charge in [-0.15, -0.1) is 0 Å². The third kappa shape index (κ3) is 3.14. The number of aromatic hydroxyl groups is 1. The highest BCUT2D eigenvalue weighted by Gasteiger charge is 2.41. The number of nitrogens with zero attached hydrogens (tertiary/aromatic N) is 1. The molecule has 0 saturated carbocycles. The molecule has 3 aromatic rings. The summed E-state index contributed by atoms with van der Waals surface area (Å²) in [6, 6.07) is 13.8. The molecular formula is C25H21ClN2O4. The number of rotatable bonds is 2. The summed E-state index contributed by atoms with van der Waals surface area (Å²) in [5, 5.41) is 27.2. The summed E-state index contributed by atoms with van der Waals surface area (Å²) in [6.45, 7) is 4.16. The summed E-state index contributed by atoms with van der Waals surface area (Å²) in [5.74, 6) is -0.504. The minimum atomic E-state index is -0.652. The Morgan fingerprint density at radius 1 is 1.16 bits per heavy atom. The normalized spacial score (nSPS) is 19.3. The van der Waals surface area contributed by atoms with Crippen LogP contribution in [0, 0.1) is 15.5 Å². The van der Waals surface area contributed by atoms with Gasteiger partial charge in [-0.3, -0.25) is 14.9 Å². The fourth-order valence-corrected chi connectivity index (χ4v) is 5.27. The number of nitrogens with one attached hydrogen (secondary N) is 1. The van der Waals surface area contributed by atoms with Crippen molar-refractivity contribution in [2.24, 2.45) is 5.41 Å². The summed E-state index contributed by atoms with van der Waals surface area (Å²) in [5.41, 5.74) is 3.14. The molecule has 3 aromatic carbocycles. The molecule has 2 N–H and O–H groups in total. The Kier molecular flexibility index (Phi) is 4.53. The first-order valence-corrected chi connectivity index (χ1v) is 10.8. The zero-order valence-corrected chi connectivity index (χ0v) is 18.4. The van der Waals surface area contributed by atoms with Crippen LogP contribution >= 0.6 is 11.6 Å². The molecule has 1 aliphatic carbocycles. The molecule has 0 spiro atoms. The van der Waals surface area contributed by atoms with Crippen molar-refractivity contribution in [2.45, 2.75) is 32.7 Å². The van der Waals surface area contributed by atoms with Crippen molar-refractivity contribution in [3.8, 4) is 5.75 Å². The smallest absolute Gasteiger partial charge is 0.311 e. The minimum absolute atomic E-state index is 0.000807. The number of ketones is 1. The van der Waals surface area contributed by atoms with Crippen LogP contribution in [0.2, 0.25) is 5.02 Å². The molecule has 0 amide bonds. The SMILES string of the molecule is CC1(C)CC(=O)C2=C(C1)c1c(ccc3ccccc13)N[C@H]2c1cc([N+](=O)[O-])c(O)cc1Cl. The molecule has 1 atom stereocenters. The van der Waals surface area contributed by atoms with Crippen molar-refractivity contribution in [1.82, 2.24) is 0 Å². The lowest BCUT2D eigenvalue weighted by Gasteiger charge is -2.40. The van der Waals surface area contributed by atoms with E-state index in [-0.39, 0.29) is 16.2 Å². The highest BCUT2D eigenvalue weighted by molar-refractivity contribution is 6.32. The molecule has 6 nitrogen and oxygen atoms in total. The second kappa shape index (κ2) is 7.07. The van der Waals surface area contributed by atoms with Gasteiger partial charge in [-0.2, -0.15) is 0 Å². The molecule has 0 radical (unpaired) electrons. The summed E-state index contributed by atoms with van der Waals surface area (Å²) < 4.78 is 0. The average molecular weight is 449 g/mol. The molecule has 0 unspecified atom stereocenters.